The van der Waals surface area contributed by atoms with E-state index in [-0.39, 0.29) is 5.91 Å². The van der Waals surface area contributed by atoms with Crippen molar-refractivity contribution in [2.24, 2.45) is 10.9 Å². The van der Waals surface area contributed by atoms with E-state index in [1.54, 1.807) is 0 Å². The van der Waals surface area contributed by atoms with Crippen LogP contribution in [0, 0.1) is 5.92 Å². The zero-order chi connectivity index (χ0) is 17.9. The molecule has 1 amide bonds. The molecule has 0 bridgehead atoms. The Morgan fingerprint density at radius 3 is 2.21 bits per heavy atom. The molecule has 0 unspecified atom stereocenters. The van der Waals surface area contributed by atoms with Crippen LogP contribution in [0.4, 0.5) is 0 Å². The highest BCUT2D eigenvalue weighted by Crippen LogP contribution is 2.09. The summed E-state index contributed by atoms with van der Waals surface area (Å²) in [5.74, 6) is 1.48. The SMILES string of the molecule is CCNC(=NCc1ccc(C(=O)N(CC)CC)cc1)NCC(C)C. The van der Waals surface area contributed by atoms with Gasteiger partial charge in [0.2, 0.25) is 0 Å². The maximum atomic E-state index is 12.3. The first kappa shape index (κ1) is 20.0. The lowest BCUT2D eigenvalue weighted by Gasteiger charge is -2.18. The van der Waals surface area contributed by atoms with Crippen LogP contribution in [-0.4, -0.2) is 42.9 Å². The number of hydrogen-bond donors (Lipinski definition) is 2. The largest absolute Gasteiger partial charge is 0.357 e. The number of nitrogens with one attached hydrogen (secondary N) is 2. The van der Waals surface area contributed by atoms with Gasteiger partial charge in [0.15, 0.2) is 5.96 Å². The lowest BCUT2D eigenvalue weighted by molar-refractivity contribution is 0.0773. The normalized spacial score (nSPS) is 11.5. The number of benzene rings is 1. The Balaban J connectivity index is 2.71. The molecule has 0 aliphatic carbocycles. The third-order valence-electron chi connectivity index (χ3n) is 3.69. The molecule has 0 atom stereocenters. The lowest BCUT2D eigenvalue weighted by Crippen LogP contribution is -2.39. The van der Waals surface area contributed by atoms with Crippen molar-refractivity contribution in [1.82, 2.24) is 15.5 Å². The number of carbonyl (C=O) groups is 1. The Morgan fingerprint density at radius 1 is 1.08 bits per heavy atom. The molecular weight excluding hydrogens is 300 g/mol. The predicted molar refractivity (Wildman–Crippen MR) is 101 cm³/mol. The van der Waals surface area contributed by atoms with Gasteiger partial charge in [0, 0.05) is 31.7 Å². The summed E-state index contributed by atoms with van der Waals surface area (Å²) in [7, 11) is 0. The van der Waals surface area contributed by atoms with Crippen LogP contribution in [0.15, 0.2) is 29.3 Å². The molecule has 2 N–H and O–H groups in total. The first-order valence-corrected chi connectivity index (χ1v) is 8.92. The van der Waals surface area contributed by atoms with Crippen LogP contribution < -0.4 is 10.6 Å². The van der Waals surface area contributed by atoms with Gasteiger partial charge in [-0.05, 0) is 44.4 Å². The Bertz CT molecular complexity index is 519. The predicted octanol–water partition coefficient (Wildman–Crippen LogP) is 2.88. The third kappa shape index (κ3) is 6.60. The van der Waals surface area contributed by atoms with Gasteiger partial charge in [0.1, 0.15) is 0 Å². The highest BCUT2D eigenvalue weighted by atomic mass is 16.2. The minimum atomic E-state index is 0.0852. The van der Waals surface area contributed by atoms with Gasteiger partial charge in [0.25, 0.3) is 5.91 Å². The monoisotopic (exact) mass is 332 g/mol. The molecule has 1 aromatic rings. The standard InChI is InChI=1S/C19H32N4O/c1-6-20-19(21-13-15(4)5)22-14-16-9-11-17(12-10-16)18(24)23(7-2)8-3/h9-12,15H,6-8,13-14H2,1-5H3,(H2,20,21,22). The van der Waals surface area contributed by atoms with Crippen LogP contribution in [0.5, 0.6) is 0 Å². The number of carbonyl (C=O) groups excluding carboxylic acids is 1. The quantitative estimate of drug-likeness (QED) is 0.568. The van der Waals surface area contributed by atoms with E-state index >= 15 is 0 Å². The number of nitrogens with zero attached hydrogens (tertiary/aromatic N) is 2. The minimum Gasteiger partial charge on any atom is -0.357 e. The smallest absolute Gasteiger partial charge is 0.253 e. The molecule has 134 valence electrons. The summed E-state index contributed by atoms with van der Waals surface area (Å²) in [5, 5.41) is 6.57. The van der Waals surface area contributed by atoms with Crippen molar-refractivity contribution < 1.29 is 4.79 Å². The van der Waals surface area contributed by atoms with Crippen LogP contribution in [0.3, 0.4) is 0 Å². The van der Waals surface area contributed by atoms with E-state index in [1.165, 1.54) is 0 Å². The molecule has 0 heterocycles. The van der Waals surface area contributed by atoms with Crippen molar-refractivity contribution in [3.63, 3.8) is 0 Å². The fraction of sp³-hybridized carbons (Fsp3) is 0.579. The average Bonchev–Trinajstić information content (AvgIpc) is 2.58. The summed E-state index contributed by atoms with van der Waals surface area (Å²) >= 11 is 0. The molecule has 0 aliphatic heterocycles. The number of guanidine groups is 1. The number of rotatable bonds is 8. The van der Waals surface area contributed by atoms with Gasteiger partial charge in [-0.25, -0.2) is 4.99 Å². The van der Waals surface area contributed by atoms with E-state index in [2.05, 4.69) is 36.4 Å². The summed E-state index contributed by atoms with van der Waals surface area (Å²) in [6, 6.07) is 7.73. The first-order valence-electron chi connectivity index (χ1n) is 8.92. The number of aliphatic imine (C=N–C) groups is 1. The molecule has 0 radical (unpaired) electrons. The van der Waals surface area contributed by atoms with Gasteiger partial charge >= 0.3 is 0 Å². The van der Waals surface area contributed by atoms with Crippen molar-refractivity contribution >= 4 is 11.9 Å². The Morgan fingerprint density at radius 2 is 1.71 bits per heavy atom. The molecule has 5 nitrogen and oxygen atoms in total. The lowest BCUT2D eigenvalue weighted by atomic mass is 10.1. The van der Waals surface area contributed by atoms with E-state index < -0.39 is 0 Å². The average molecular weight is 332 g/mol. The van der Waals surface area contributed by atoms with Crippen molar-refractivity contribution in [2.45, 2.75) is 41.2 Å². The van der Waals surface area contributed by atoms with Crippen molar-refractivity contribution in [1.29, 1.82) is 0 Å². The van der Waals surface area contributed by atoms with E-state index in [0.29, 0.717) is 12.5 Å². The van der Waals surface area contributed by atoms with Crippen LogP contribution >= 0.6 is 0 Å². The van der Waals surface area contributed by atoms with Gasteiger partial charge in [0.05, 0.1) is 6.54 Å². The zero-order valence-corrected chi connectivity index (χ0v) is 15.7. The highest BCUT2D eigenvalue weighted by Gasteiger charge is 2.11. The summed E-state index contributed by atoms with van der Waals surface area (Å²) in [6.07, 6.45) is 0. The molecule has 0 spiro atoms. The molecule has 1 aromatic carbocycles. The van der Waals surface area contributed by atoms with Crippen molar-refractivity contribution in [3.05, 3.63) is 35.4 Å². The van der Waals surface area contributed by atoms with Gasteiger partial charge in [-0.3, -0.25) is 4.79 Å². The maximum Gasteiger partial charge on any atom is 0.253 e. The van der Waals surface area contributed by atoms with Gasteiger partial charge in [-0.15, -0.1) is 0 Å². The fourth-order valence-corrected chi connectivity index (χ4v) is 2.26. The van der Waals surface area contributed by atoms with Crippen LogP contribution in [0.1, 0.15) is 50.5 Å². The minimum absolute atomic E-state index is 0.0852. The van der Waals surface area contributed by atoms with E-state index in [0.717, 1.165) is 43.3 Å². The van der Waals surface area contributed by atoms with Gasteiger partial charge in [-0.1, -0.05) is 26.0 Å². The van der Waals surface area contributed by atoms with E-state index in [9.17, 15) is 4.79 Å². The van der Waals surface area contributed by atoms with Gasteiger partial charge < -0.3 is 15.5 Å². The molecular formula is C19H32N4O. The van der Waals surface area contributed by atoms with Gasteiger partial charge in [-0.2, -0.15) is 0 Å². The first-order chi connectivity index (χ1) is 11.5. The number of amides is 1. The molecule has 5 heteroatoms. The van der Waals surface area contributed by atoms with Crippen LogP contribution in [0.2, 0.25) is 0 Å². The fourth-order valence-electron chi connectivity index (χ4n) is 2.26. The molecule has 0 fully saturated rings. The van der Waals surface area contributed by atoms with Crippen molar-refractivity contribution in [3.8, 4) is 0 Å². The van der Waals surface area contributed by atoms with E-state index in [4.69, 9.17) is 0 Å². The molecule has 0 aromatic heterocycles. The topological polar surface area (TPSA) is 56.7 Å². The number of hydrogen-bond acceptors (Lipinski definition) is 2. The molecule has 0 saturated carbocycles. The zero-order valence-electron chi connectivity index (χ0n) is 15.7. The molecule has 24 heavy (non-hydrogen) atoms. The molecule has 0 saturated heterocycles. The Labute approximate surface area is 146 Å². The second kappa shape index (κ2) is 10.7. The summed E-state index contributed by atoms with van der Waals surface area (Å²) in [4.78, 5) is 18.7. The van der Waals surface area contributed by atoms with E-state index in [1.807, 2.05) is 43.0 Å². The van der Waals surface area contributed by atoms with Crippen LogP contribution in [-0.2, 0) is 6.54 Å². The summed E-state index contributed by atoms with van der Waals surface area (Å²) in [5.41, 5.74) is 1.82. The van der Waals surface area contributed by atoms with Crippen molar-refractivity contribution in [2.75, 3.05) is 26.2 Å². The Hall–Kier alpha value is -2.04. The highest BCUT2D eigenvalue weighted by molar-refractivity contribution is 5.94. The second-order valence-electron chi connectivity index (χ2n) is 6.14. The maximum absolute atomic E-state index is 12.3. The molecule has 1 rings (SSSR count). The summed E-state index contributed by atoms with van der Waals surface area (Å²) < 4.78 is 0. The van der Waals surface area contributed by atoms with Crippen LogP contribution in [0.25, 0.3) is 0 Å². The summed E-state index contributed by atoms with van der Waals surface area (Å²) in [6.45, 7) is 14.2. The second-order valence-corrected chi connectivity index (χ2v) is 6.14. The third-order valence-corrected chi connectivity index (χ3v) is 3.69. The Kier molecular flexibility index (Phi) is 8.90. The molecule has 0 aliphatic rings.